The Balaban J connectivity index is 2.56. The first-order chi connectivity index (χ1) is 8.11. The third-order valence-corrected chi connectivity index (χ3v) is 2.81. The number of aromatic hydroxyl groups is 1. The van der Waals surface area contributed by atoms with E-state index in [2.05, 4.69) is 20.9 Å². The van der Waals surface area contributed by atoms with Gasteiger partial charge in [-0.25, -0.2) is 4.98 Å². The van der Waals surface area contributed by atoms with E-state index in [1.807, 2.05) is 6.07 Å². The number of methoxy groups -OCH3 is 1. The van der Waals surface area contributed by atoms with Gasteiger partial charge in [-0.3, -0.25) is 0 Å². The maximum atomic E-state index is 9.52. The number of hydrogen-bond acceptors (Lipinski definition) is 4. The van der Waals surface area contributed by atoms with E-state index in [9.17, 15) is 5.11 Å². The van der Waals surface area contributed by atoms with E-state index in [-0.39, 0.29) is 5.75 Å². The van der Waals surface area contributed by atoms with Gasteiger partial charge < -0.3 is 15.6 Å². The Bertz CT molecular complexity index is 558. The molecule has 0 aliphatic rings. The van der Waals surface area contributed by atoms with Gasteiger partial charge in [0.2, 0.25) is 0 Å². The van der Waals surface area contributed by atoms with Crippen LogP contribution in [-0.2, 0) is 0 Å². The first-order valence-corrected chi connectivity index (χ1v) is 5.69. The molecule has 0 aliphatic carbocycles. The molecule has 0 atom stereocenters. The number of anilines is 1. The van der Waals surface area contributed by atoms with Crippen molar-refractivity contribution in [1.82, 2.24) is 4.98 Å². The van der Waals surface area contributed by atoms with E-state index < -0.39 is 0 Å². The van der Waals surface area contributed by atoms with Crippen LogP contribution in [0.4, 0.5) is 5.82 Å². The number of nitrogen functional groups attached to an aromatic ring is 1. The lowest BCUT2D eigenvalue weighted by Crippen LogP contribution is -1.94. The summed E-state index contributed by atoms with van der Waals surface area (Å²) in [6.45, 7) is 0. The molecule has 0 unspecified atom stereocenters. The summed E-state index contributed by atoms with van der Waals surface area (Å²) in [5.41, 5.74) is 7.44. The number of pyridine rings is 1. The number of rotatable bonds is 2. The zero-order chi connectivity index (χ0) is 12.4. The summed E-state index contributed by atoms with van der Waals surface area (Å²) in [5, 5.41) is 9.52. The van der Waals surface area contributed by atoms with Crippen molar-refractivity contribution in [3.8, 4) is 22.6 Å². The predicted molar refractivity (Wildman–Crippen MR) is 70.0 cm³/mol. The Morgan fingerprint density at radius 3 is 2.82 bits per heavy atom. The summed E-state index contributed by atoms with van der Waals surface area (Å²) in [6, 6.07) is 6.91. The van der Waals surface area contributed by atoms with Crippen molar-refractivity contribution < 1.29 is 9.84 Å². The topological polar surface area (TPSA) is 68.4 Å². The highest BCUT2D eigenvalue weighted by molar-refractivity contribution is 9.10. The summed E-state index contributed by atoms with van der Waals surface area (Å²) >= 11 is 3.34. The Labute approximate surface area is 107 Å². The third-order valence-electron chi connectivity index (χ3n) is 2.38. The maximum Gasteiger partial charge on any atom is 0.161 e. The van der Waals surface area contributed by atoms with Gasteiger partial charge in [-0.2, -0.15) is 0 Å². The largest absolute Gasteiger partial charge is 0.504 e. The molecule has 0 saturated carbocycles. The smallest absolute Gasteiger partial charge is 0.161 e. The number of phenols is 1. The summed E-state index contributed by atoms with van der Waals surface area (Å²) in [6.07, 6.45) is 1.64. The minimum atomic E-state index is 0.0952. The number of hydrogen-bond donors (Lipinski definition) is 2. The fraction of sp³-hybridized carbons (Fsp3) is 0.0833. The monoisotopic (exact) mass is 294 g/mol. The molecule has 5 heteroatoms. The normalized spacial score (nSPS) is 10.2. The van der Waals surface area contributed by atoms with Crippen LogP contribution in [-0.4, -0.2) is 17.2 Å². The molecule has 0 saturated heterocycles. The first-order valence-electron chi connectivity index (χ1n) is 4.90. The molecule has 0 aliphatic heterocycles. The molecule has 0 fully saturated rings. The average Bonchev–Trinajstić information content (AvgIpc) is 2.33. The van der Waals surface area contributed by atoms with Gasteiger partial charge >= 0.3 is 0 Å². The quantitative estimate of drug-likeness (QED) is 0.894. The van der Waals surface area contributed by atoms with E-state index in [0.29, 0.717) is 11.6 Å². The number of phenolic OH excluding ortho intramolecular Hbond substituents is 1. The second kappa shape index (κ2) is 4.63. The summed E-state index contributed by atoms with van der Waals surface area (Å²) in [7, 11) is 1.50. The SMILES string of the molecule is COc1cc(-c2cc(Br)cnc2N)ccc1O. The maximum absolute atomic E-state index is 9.52. The standard InChI is InChI=1S/C12H11BrN2O2/c1-17-11-4-7(2-3-10(11)16)9-5-8(13)6-15-12(9)14/h2-6,16H,1H3,(H2,14,15). The highest BCUT2D eigenvalue weighted by atomic mass is 79.9. The van der Waals surface area contributed by atoms with Crippen LogP contribution in [0.1, 0.15) is 0 Å². The van der Waals surface area contributed by atoms with Gasteiger partial charge in [-0.15, -0.1) is 0 Å². The number of nitrogens with zero attached hydrogens (tertiary/aromatic N) is 1. The molecular formula is C12H11BrN2O2. The minimum absolute atomic E-state index is 0.0952. The van der Waals surface area contributed by atoms with Gasteiger partial charge in [0.05, 0.1) is 7.11 Å². The van der Waals surface area contributed by atoms with E-state index in [4.69, 9.17) is 10.5 Å². The first kappa shape index (κ1) is 11.7. The van der Waals surface area contributed by atoms with Gasteiger partial charge in [0.1, 0.15) is 5.82 Å². The van der Waals surface area contributed by atoms with Crippen LogP contribution < -0.4 is 10.5 Å². The second-order valence-corrected chi connectivity index (χ2v) is 4.39. The second-order valence-electron chi connectivity index (χ2n) is 3.47. The molecule has 3 N–H and O–H groups in total. The molecule has 88 valence electrons. The lowest BCUT2D eigenvalue weighted by Gasteiger charge is -2.08. The molecule has 1 heterocycles. The Kier molecular flexibility index (Phi) is 3.19. The van der Waals surface area contributed by atoms with Crippen LogP contribution in [0.3, 0.4) is 0 Å². The van der Waals surface area contributed by atoms with Gasteiger partial charge in [-0.05, 0) is 39.7 Å². The van der Waals surface area contributed by atoms with Crippen LogP contribution in [0.25, 0.3) is 11.1 Å². The molecule has 0 bridgehead atoms. The predicted octanol–water partition coefficient (Wildman–Crippen LogP) is 2.81. The molecule has 1 aromatic heterocycles. The van der Waals surface area contributed by atoms with Crippen molar-refractivity contribution in [3.63, 3.8) is 0 Å². The fourth-order valence-corrected chi connectivity index (χ4v) is 1.86. The highest BCUT2D eigenvalue weighted by Gasteiger charge is 2.08. The van der Waals surface area contributed by atoms with Gasteiger partial charge in [0.25, 0.3) is 0 Å². The van der Waals surface area contributed by atoms with E-state index in [1.54, 1.807) is 24.4 Å². The average molecular weight is 295 g/mol. The summed E-state index contributed by atoms with van der Waals surface area (Å²) in [5.74, 6) is 0.931. The van der Waals surface area contributed by atoms with Crippen LogP contribution in [0.5, 0.6) is 11.5 Å². The van der Waals surface area contributed by atoms with Crippen LogP contribution >= 0.6 is 15.9 Å². The zero-order valence-corrected chi connectivity index (χ0v) is 10.7. The molecule has 2 rings (SSSR count). The lowest BCUT2D eigenvalue weighted by atomic mass is 10.1. The van der Waals surface area contributed by atoms with Crippen molar-refractivity contribution in [2.45, 2.75) is 0 Å². The zero-order valence-electron chi connectivity index (χ0n) is 9.14. The number of nitrogens with two attached hydrogens (primary N) is 1. The van der Waals surface area contributed by atoms with Crippen molar-refractivity contribution in [2.24, 2.45) is 0 Å². The number of aromatic nitrogens is 1. The van der Waals surface area contributed by atoms with Crippen molar-refractivity contribution in [1.29, 1.82) is 0 Å². The van der Waals surface area contributed by atoms with Gasteiger partial charge in [-0.1, -0.05) is 6.07 Å². The minimum Gasteiger partial charge on any atom is -0.504 e. The van der Waals surface area contributed by atoms with Crippen molar-refractivity contribution in [3.05, 3.63) is 34.9 Å². The Hall–Kier alpha value is -1.75. The van der Waals surface area contributed by atoms with Crippen molar-refractivity contribution in [2.75, 3.05) is 12.8 Å². The Morgan fingerprint density at radius 1 is 1.35 bits per heavy atom. The molecule has 17 heavy (non-hydrogen) atoms. The molecule has 0 spiro atoms. The highest BCUT2D eigenvalue weighted by Crippen LogP contribution is 2.34. The number of ether oxygens (including phenoxy) is 1. The summed E-state index contributed by atoms with van der Waals surface area (Å²) in [4.78, 5) is 4.06. The Morgan fingerprint density at radius 2 is 2.12 bits per heavy atom. The van der Waals surface area contributed by atoms with Crippen LogP contribution in [0.15, 0.2) is 34.9 Å². The van der Waals surface area contributed by atoms with Crippen LogP contribution in [0, 0.1) is 0 Å². The molecule has 4 nitrogen and oxygen atoms in total. The van der Waals surface area contributed by atoms with E-state index in [1.165, 1.54) is 7.11 Å². The summed E-state index contributed by atoms with van der Waals surface area (Å²) < 4.78 is 5.90. The third kappa shape index (κ3) is 2.34. The van der Waals surface area contributed by atoms with Crippen molar-refractivity contribution >= 4 is 21.7 Å². The molecular weight excluding hydrogens is 284 g/mol. The molecule has 1 aromatic carbocycles. The van der Waals surface area contributed by atoms with Gasteiger partial charge in [0.15, 0.2) is 11.5 Å². The number of benzene rings is 1. The van der Waals surface area contributed by atoms with Crippen LogP contribution in [0.2, 0.25) is 0 Å². The van der Waals surface area contributed by atoms with E-state index >= 15 is 0 Å². The molecule has 2 aromatic rings. The molecule has 0 radical (unpaired) electrons. The molecule has 0 amide bonds. The van der Waals surface area contributed by atoms with Gasteiger partial charge in [0, 0.05) is 16.2 Å². The lowest BCUT2D eigenvalue weighted by molar-refractivity contribution is 0.373. The van der Waals surface area contributed by atoms with E-state index in [0.717, 1.165) is 15.6 Å². The fourth-order valence-electron chi connectivity index (χ4n) is 1.53. The number of halogens is 1.